The number of rotatable bonds is 4. The zero-order valence-electron chi connectivity index (χ0n) is 23.4. The quantitative estimate of drug-likeness (QED) is 0.166. The van der Waals surface area contributed by atoms with E-state index in [0.29, 0.717) is 0 Å². The summed E-state index contributed by atoms with van der Waals surface area (Å²) in [4.78, 5) is 0. The van der Waals surface area contributed by atoms with E-state index < -0.39 is 25.8 Å². The zero-order valence-corrected chi connectivity index (χ0v) is 28.5. The third kappa shape index (κ3) is 5.53. The molecule has 0 bridgehead atoms. The van der Waals surface area contributed by atoms with Gasteiger partial charge >= 0.3 is 236 Å². The minimum absolute atomic E-state index is 0. The Balaban J connectivity index is 0.00000185. The molecular formula is C36H34Cl2SiZr. The van der Waals surface area contributed by atoms with Crippen molar-refractivity contribution in [1.82, 2.24) is 0 Å². The molecule has 0 radical (unpaired) electrons. The summed E-state index contributed by atoms with van der Waals surface area (Å²) < 4.78 is 3.41. The summed E-state index contributed by atoms with van der Waals surface area (Å²) in [7, 11) is 0. The molecular weight excluding hydrogens is 623 g/mol. The van der Waals surface area contributed by atoms with E-state index >= 15 is 0 Å². The van der Waals surface area contributed by atoms with Gasteiger partial charge in [0, 0.05) is 0 Å². The van der Waals surface area contributed by atoms with Crippen LogP contribution in [0, 0.1) is 13.8 Å². The fraction of sp³-hybridized carbons (Fsp3) is 0.111. The van der Waals surface area contributed by atoms with Crippen LogP contribution >= 0.6 is 24.8 Å². The number of hydrogen-bond donors (Lipinski definition) is 0. The Hall–Kier alpha value is -2.48. The SMILES string of the molecule is Cc1cc2c(-c3ccccc3)ccccc-2[c]1[Zr]([c]1c(C)cc2c(-c3ccccc3)ccccc1-2)=[Si](C)C.Cl.Cl. The summed E-state index contributed by atoms with van der Waals surface area (Å²) in [5.41, 5.74) is 13.5. The summed E-state index contributed by atoms with van der Waals surface area (Å²) in [6.45, 7) is 9.87. The predicted octanol–water partition coefficient (Wildman–Crippen LogP) is 9.51. The Bertz CT molecular complexity index is 1610. The van der Waals surface area contributed by atoms with E-state index in [4.69, 9.17) is 0 Å². The van der Waals surface area contributed by atoms with Crippen LogP contribution < -0.4 is 6.54 Å². The third-order valence-corrected chi connectivity index (χ3v) is 24.7. The van der Waals surface area contributed by atoms with E-state index in [0.717, 1.165) is 0 Å². The third-order valence-electron chi connectivity index (χ3n) is 7.65. The summed E-state index contributed by atoms with van der Waals surface area (Å²) in [6.07, 6.45) is 0. The normalized spacial score (nSPS) is 10.6. The summed E-state index contributed by atoms with van der Waals surface area (Å²) in [5, 5.41) is 0. The van der Waals surface area contributed by atoms with Gasteiger partial charge in [0.25, 0.3) is 0 Å². The Labute approximate surface area is 259 Å². The van der Waals surface area contributed by atoms with Crippen LogP contribution in [0.15, 0.2) is 121 Å². The zero-order chi connectivity index (χ0) is 26.2. The molecule has 0 unspecified atom stereocenters. The topological polar surface area (TPSA) is 0 Å². The number of hydrogen-bond acceptors (Lipinski definition) is 0. The van der Waals surface area contributed by atoms with E-state index in [-0.39, 0.29) is 24.8 Å². The summed E-state index contributed by atoms with van der Waals surface area (Å²) in [6, 6.07) is 45.0. The molecule has 4 heteroatoms. The molecule has 0 saturated carbocycles. The van der Waals surface area contributed by atoms with Crippen LogP contribution in [-0.2, 0) is 20.4 Å². The first-order valence-electron chi connectivity index (χ1n) is 13.4. The fourth-order valence-electron chi connectivity index (χ4n) is 6.03. The van der Waals surface area contributed by atoms with Gasteiger partial charge in [0.1, 0.15) is 0 Å². The van der Waals surface area contributed by atoms with E-state index in [1.807, 2.05) is 0 Å². The molecule has 0 saturated heterocycles. The van der Waals surface area contributed by atoms with Crippen molar-refractivity contribution < 1.29 is 20.4 Å². The maximum Gasteiger partial charge on any atom is -0.147 e. The molecule has 0 aliphatic heterocycles. The van der Waals surface area contributed by atoms with E-state index in [2.05, 4.69) is 148 Å². The molecule has 4 aliphatic rings. The maximum atomic E-state index is 2.57. The second-order valence-electron chi connectivity index (χ2n) is 10.4. The van der Waals surface area contributed by atoms with Crippen LogP contribution in [0.2, 0.25) is 13.1 Å². The summed E-state index contributed by atoms with van der Waals surface area (Å²) in [5.74, 6) is 0. The van der Waals surface area contributed by atoms with Gasteiger partial charge in [-0.25, -0.2) is 0 Å². The molecule has 0 N–H and O–H groups in total. The van der Waals surface area contributed by atoms with Gasteiger partial charge in [0.2, 0.25) is 0 Å². The van der Waals surface area contributed by atoms with Crippen molar-refractivity contribution in [2.45, 2.75) is 26.9 Å². The number of benzene rings is 2. The van der Waals surface area contributed by atoms with Gasteiger partial charge in [-0.2, -0.15) is 0 Å². The minimum atomic E-state index is -2.29. The van der Waals surface area contributed by atoms with Crippen molar-refractivity contribution >= 4 is 36.8 Å². The molecule has 0 atom stereocenters. The predicted molar refractivity (Wildman–Crippen MR) is 178 cm³/mol. The van der Waals surface area contributed by atoms with Crippen molar-refractivity contribution in [3.05, 3.63) is 132 Å². The van der Waals surface area contributed by atoms with Gasteiger partial charge < -0.3 is 0 Å². The van der Waals surface area contributed by atoms with E-state index in [9.17, 15) is 0 Å². The van der Waals surface area contributed by atoms with Gasteiger partial charge in [0.05, 0.1) is 0 Å². The fourth-order valence-corrected chi connectivity index (χ4v) is 23.6. The monoisotopic (exact) mass is 654 g/mol. The molecule has 0 aromatic heterocycles. The first-order chi connectivity index (χ1) is 18.5. The number of halogens is 2. The average molecular weight is 657 g/mol. The smallest absolute Gasteiger partial charge is 0.147 e. The van der Waals surface area contributed by atoms with Gasteiger partial charge in [-0.3, -0.25) is 0 Å². The van der Waals surface area contributed by atoms with Crippen LogP contribution in [0.4, 0.5) is 0 Å². The Morgan fingerprint density at radius 2 is 0.750 bits per heavy atom. The first kappa shape index (κ1) is 30.5. The molecule has 0 nitrogen and oxygen atoms in total. The molecule has 0 heterocycles. The molecule has 0 amide bonds. The van der Waals surface area contributed by atoms with Crippen LogP contribution in [0.1, 0.15) is 11.1 Å². The van der Waals surface area contributed by atoms with Crippen molar-refractivity contribution in [1.29, 1.82) is 0 Å². The van der Waals surface area contributed by atoms with E-state index in [1.54, 1.807) is 6.54 Å². The van der Waals surface area contributed by atoms with Crippen molar-refractivity contribution in [3.8, 4) is 44.5 Å². The molecule has 2 aromatic carbocycles. The second-order valence-corrected chi connectivity index (χ2v) is 27.1. The average Bonchev–Trinajstić information content (AvgIpc) is 3.21. The standard InChI is InChI=1S/2C17H13.C2H6Si.2ClH.Zr/c2*1-13-11-15-9-5-6-10-16(17(15)12-13)14-7-3-2-4-8-14;1-3-2;;;/h2*2-10,12H,1H3;1-2H3;2*1H;. The van der Waals surface area contributed by atoms with Crippen LogP contribution in [0.3, 0.4) is 0 Å². The van der Waals surface area contributed by atoms with Gasteiger partial charge in [-0.15, -0.1) is 24.8 Å². The molecule has 200 valence electrons. The Morgan fingerprint density at radius 1 is 0.425 bits per heavy atom. The minimum Gasteiger partial charge on any atom is -0.147 e. The first-order valence-corrected chi connectivity index (χ1v) is 22.0. The molecule has 40 heavy (non-hydrogen) atoms. The largest absolute Gasteiger partial charge is 0.147 e. The van der Waals surface area contributed by atoms with E-state index in [1.165, 1.54) is 55.6 Å². The molecule has 0 spiro atoms. The van der Waals surface area contributed by atoms with Crippen LogP contribution in [0.25, 0.3) is 44.5 Å². The Morgan fingerprint density at radius 3 is 1.10 bits per heavy atom. The maximum absolute atomic E-state index is 2.57. The summed E-state index contributed by atoms with van der Waals surface area (Å²) >= 11 is -2.29. The van der Waals surface area contributed by atoms with Crippen LogP contribution in [-0.4, -0.2) is 5.43 Å². The molecule has 6 rings (SSSR count). The van der Waals surface area contributed by atoms with Crippen molar-refractivity contribution in [3.63, 3.8) is 0 Å². The molecule has 0 fully saturated rings. The number of aryl methyl sites for hydroxylation is 2. The molecule has 2 aromatic rings. The van der Waals surface area contributed by atoms with Gasteiger partial charge in [0.15, 0.2) is 0 Å². The Kier molecular flexibility index (Phi) is 9.91. The molecule has 4 aliphatic carbocycles. The second kappa shape index (κ2) is 13.0. The van der Waals surface area contributed by atoms with Gasteiger partial charge in [-0.05, 0) is 0 Å². The van der Waals surface area contributed by atoms with Crippen LogP contribution in [0.5, 0.6) is 0 Å². The van der Waals surface area contributed by atoms with Crippen molar-refractivity contribution in [2.75, 3.05) is 0 Å². The number of fused-ring (bicyclic) bond motifs is 2. The van der Waals surface area contributed by atoms with Gasteiger partial charge in [-0.1, -0.05) is 0 Å². The van der Waals surface area contributed by atoms with Crippen molar-refractivity contribution in [2.24, 2.45) is 0 Å².